The SMILES string of the molecule is CCCCc1nc2c(N)nccc2n1Cc1ccc(CCC(C)(C)C)cc1. The molecule has 27 heavy (non-hydrogen) atoms. The highest BCUT2D eigenvalue weighted by molar-refractivity contribution is 5.85. The number of pyridine rings is 1. The van der Waals surface area contributed by atoms with Crippen molar-refractivity contribution in [3.63, 3.8) is 0 Å². The summed E-state index contributed by atoms with van der Waals surface area (Å²) in [4.78, 5) is 9.00. The first-order valence-electron chi connectivity index (χ1n) is 10.0. The molecule has 2 N–H and O–H groups in total. The predicted molar refractivity (Wildman–Crippen MR) is 114 cm³/mol. The lowest BCUT2D eigenvalue weighted by molar-refractivity contribution is 0.378. The molecule has 0 spiro atoms. The van der Waals surface area contributed by atoms with E-state index in [0.717, 1.165) is 49.1 Å². The van der Waals surface area contributed by atoms with Gasteiger partial charge in [0.25, 0.3) is 0 Å². The summed E-state index contributed by atoms with van der Waals surface area (Å²) < 4.78 is 2.30. The molecule has 0 saturated carbocycles. The Bertz CT molecular complexity index is 885. The Balaban J connectivity index is 1.84. The minimum absolute atomic E-state index is 0.372. The minimum atomic E-state index is 0.372. The zero-order valence-electron chi connectivity index (χ0n) is 17.1. The van der Waals surface area contributed by atoms with E-state index >= 15 is 0 Å². The summed E-state index contributed by atoms with van der Waals surface area (Å²) in [7, 11) is 0. The van der Waals surface area contributed by atoms with E-state index in [4.69, 9.17) is 10.7 Å². The van der Waals surface area contributed by atoms with E-state index in [1.165, 1.54) is 17.5 Å². The van der Waals surface area contributed by atoms with E-state index in [0.29, 0.717) is 11.2 Å². The summed E-state index contributed by atoms with van der Waals surface area (Å²) in [5.74, 6) is 1.62. The number of aromatic nitrogens is 3. The van der Waals surface area contributed by atoms with Gasteiger partial charge in [0.15, 0.2) is 5.82 Å². The van der Waals surface area contributed by atoms with Gasteiger partial charge in [-0.15, -0.1) is 0 Å². The molecule has 2 aromatic heterocycles. The molecular weight excluding hydrogens is 332 g/mol. The van der Waals surface area contributed by atoms with Crippen molar-refractivity contribution < 1.29 is 0 Å². The smallest absolute Gasteiger partial charge is 0.151 e. The van der Waals surface area contributed by atoms with Crippen molar-refractivity contribution in [2.24, 2.45) is 5.41 Å². The summed E-state index contributed by atoms with van der Waals surface area (Å²) in [6.07, 6.45) is 7.35. The van der Waals surface area contributed by atoms with Crippen molar-refractivity contribution in [1.82, 2.24) is 14.5 Å². The quantitative estimate of drug-likeness (QED) is 0.612. The fourth-order valence-electron chi connectivity index (χ4n) is 3.34. The molecule has 0 amide bonds. The molecule has 0 aliphatic carbocycles. The van der Waals surface area contributed by atoms with Crippen molar-refractivity contribution in [3.8, 4) is 0 Å². The monoisotopic (exact) mass is 364 g/mol. The molecule has 0 unspecified atom stereocenters. The third-order valence-electron chi connectivity index (χ3n) is 5.06. The van der Waals surface area contributed by atoms with Gasteiger partial charge in [-0.2, -0.15) is 0 Å². The van der Waals surface area contributed by atoms with Crippen molar-refractivity contribution in [2.45, 2.75) is 66.3 Å². The number of benzene rings is 1. The minimum Gasteiger partial charge on any atom is -0.382 e. The topological polar surface area (TPSA) is 56.7 Å². The van der Waals surface area contributed by atoms with Crippen LogP contribution >= 0.6 is 0 Å². The fourth-order valence-corrected chi connectivity index (χ4v) is 3.34. The third kappa shape index (κ3) is 4.88. The van der Waals surface area contributed by atoms with Crippen molar-refractivity contribution in [3.05, 3.63) is 53.5 Å². The van der Waals surface area contributed by atoms with Crippen molar-refractivity contribution in [2.75, 3.05) is 5.73 Å². The van der Waals surface area contributed by atoms with E-state index in [-0.39, 0.29) is 0 Å². The van der Waals surface area contributed by atoms with Gasteiger partial charge in [-0.3, -0.25) is 0 Å². The molecular formula is C23H32N4. The Morgan fingerprint density at radius 1 is 1.00 bits per heavy atom. The number of nitrogens with two attached hydrogens (primary N) is 1. The molecule has 1 aromatic carbocycles. The third-order valence-corrected chi connectivity index (χ3v) is 5.06. The Morgan fingerprint density at radius 3 is 2.37 bits per heavy atom. The van der Waals surface area contributed by atoms with Gasteiger partial charge in [-0.05, 0) is 41.9 Å². The van der Waals surface area contributed by atoms with Crippen LogP contribution in [-0.2, 0) is 19.4 Å². The molecule has 0 radical (unpaired) electrons. The summed E-state index contributed by atoms with van der Waals surface area (Å²) in [6, 6.07) is 11.0. The number of anilines is 1. The van der Waals surface area contributed by atoms with Crippen LogP contribution in [0.4, 0.5) is 5.82 Å². The predicted octanol–water partition coefficient (Wildman–Crippen LogP) is 5.38. The first-order chi connectivity index (χ1) is 12.9. The fraction of sp³-hybridized carbons (Fsp3) is 0.478. The maximum absolute atomic E-state index is 6.06. The number of nitrogen functional groups attached to an aromatic ring is 1. The number of hydrogen-bond acceptors (Lipinski definition) is 3. The second-order valence-electron chi connectivity index (χ2n) is 8.66. The maximum Gasteiger partial charge on any atom is 0.151 e. The number of rotatable bonds is 7. The Morgan fingerprint density at radius 2 is 1.70 bits per heavy atom. The lowest BCUT2D eigenvalue weighted by Crippen LogP contribution is -2.07. The molecule has 4 heteroatoms. The molecule has 4 nitrogen and oxygen atoms in total. The zero-order chi connectivity index (χ0) is 19.4. The molecule has 0 fully saturated rings. The molecule has 0 aliphatic heterocycles. The van der Waals surface area contributed by atoms with E-state index in [2.05, 4.69) is 61.5 Å². The van der Waals surface area contributed by atoms with Gasteiger partial charge in [0, 0.05) is 19.2 Å². The molecule has 3 rings (SSSR count). The van der Waals surface area contributed by atoms with Gasteiger partial charge in [0.1, 0.15) is 11.3 Å². The maximum atomic E-state index is 6.06. The van der Waals surface area contributed by atoms with E-state index in [9.17, 15) is 0 Å². The van der Waals surface area contributed by atoms with Crippen LogP contribution in [-0.4, -0.2) is 14.5 Å². The van der Waals surface area contributed by atoms with Crippen LogP contribution in [0.15, 0.2) is 36.5 Å². The first kappa shape index (κ1) is 19.4. The highest BCUT2D eigenvalue weighted by atomic mass is 15.1. The van der Waals surface area contributed by atoms with E-state index < -0.39 is 0 Å². The first-order valence-corrected chi connectivity index (χ1v) is 10.0. The number of nitrogens with zero attached hydrogens (tertiary/aromatic N) is 3. The number of imidazole rings is 1. The lowest BCUT2D eigenvalue weighted by Gasteiger charge is -2.17. The number of fused-ring (bicyclic) bond motifs is 1. The standard InChI is InChI=1S/C23H32N4/c1-5-6-7-20-26-21-19(13-15-25-22(21)24)27(20)16-18-10-8-17(9-11-18)12-14-23(2,3)4/h8-11,13,15H,5-7,12,14,16H2,1-4H3,(H2,24,25). The Hall–Kier alpha value is -2.36. The molecule has 144 valence electrons. The number of hydrogen-bond donors (Lipinski definition) is 1. The second-order valence-corrected chi connectivity index (χ2v) is 8.66. The van der Waals surface area contributed by atoms with Gasteiger partial charge >= 0.3 is 0 Å². The van der Waals surface area contributed by atoms with Crippen LogP contribution in [0.3, 0.4) is 0 Å². The van der Waals surface area contributed by atoms with Crippen LogP contribution in [0.2, 0.25) is 0 Å². The average Bonchev–Trinajstić information content (AvgIpc) is 2.98. The van der Waals surface area contributed by atoms with Crippen LogP contribution < -0.4 is 5.73 Å². The zero-order valence-corrected chi connectivity index (χ0v) is 17.1. The van der Waals surface area contributed by atoms with Gasteiger partial charge < -0.3 is 10.3 Å². The van der Waals surface area contributed by atoms with Crippen LogP contribution in [0, 0.1) is 5.41 Å². The largest absolute Gasteiger partial charge is 0.382 e. The highest BCUT2D eigenvalue weighted by Crippen LogP contribution is 2.24. The van der Waals surface area contributed by atoms with E-state index in [1.54, 1.807) is 6.20 Å². The lowest BCUT2D eigenvalue weighted by atomic mass is 9.88. The normalized spacial score (nSPS) is 12.0. The Labute approximate surface area is 162 Å². The van der Waals surface area contributed by atoms with Gasteiger partial charge in [0.2, 0.25) is 0 Å². The second kappa shape index (κ2) is 8.12. The summed E-state index contributed by atoms with van der Waals surface area (Å²) in [6.45, 7) is 9.91. The molecule has 3 aromatic rings. The summed E-state index contributed by atoms with van der Waals surface area (Å²) in [5, 5.41) is 0. The van der Waals surface area contributed by atoms with Gasteiger partial charge in [-0.25, -0.2) is 9.97 Å². The van der Waals surface area contributed by atoms with Crippen LogP contribution in [0.25, 0.3) is 11.0 Å². The molecule has 0 saturated heterocycles. The summed E-state index contributed by atoms with van der Waals surface area (Å²) in [5.41, 5.74) is 11.0. The molecule has 0 bridgehead atoms. The molecule has 2 heterocycles. The van der Waals surface area contributed by atoms with Gasteiger partial charge in [0.05, 0.1) is 5.52 Å². The van der Waals surface area contributed by atoms with E-state index in [1.807, 2.05) is 6.07 Å². The van der Waals surface area contributed by atoms with Crippen molar-refractivity contribution >= 4 is 16.9 Å². The summed E-state index contributed by atoms with van der Waals surface area (Å²) >= 11 is 0. The van der Waals surface area contributed by atoms with Crippen molar-refractivity contribution in [1.29, 1.82) is 0 Å². The number of unbranched alkanes of at least 4 members (excludes halogenated alkanes) is 1. The van der Waals surface area contributed by atoms with Crippen LogP contribution in [0.1, 0.15) is 63.9 Å². The average molecular weight is 365 g/mol. The molecule has 0 atom stereocenters. The number of aryl methyl sites for hydroxylation is 2. The van der Waals surface area contributed by atoms with Crippen LogP contribution in [0.5, 0.6) is 0 Å². The highest BCUT2D eigenvalue weighted by Gasteiger charge is 2.14. The molecule has 0 aliphatic rings. The Kier molecular flexibility index (Phi) is 5.83. The van der Waals surface area contributed by atoms with Gasteiger partial charge in [-0.1, -0.05) is 58.4 Å².